The Bertz CT molecular complexity index is 1140. The van der Waals surface area contributed by atoms with Crippen molar-refractivity contribution in [2.45, 2.75) is 52.6 Å². The number of hydrogen-bond acceptors (Lipinski definition) is 7. The molecule has 0 radical (unpaired) electrons. The van der Waals surface area contributed by atoms with Crippen molar-refractivity contribution in [1.29, 1.82) is 0 Å². The molecule has 1 aliphatic heterocycles. The standard InChI is InChI=1S/C24H28N4O3S/c1-15-26-27-22(32-15)17-5-6-18-14-25-20(12-19(18)11-17)13-21(29)16-7-9-28(10-8-16)23(30)31-24(2,3)4/h5-6,11-12,14,16H,7-10,13H2,1-4H3. The van der Waals surface area contributed by atoms with Crippen molar-refractivity contribution < 1.29 is 14.3 Å². The zero-order valence-corrected chi connectivity index (χ0v) is 19.7. The molecule has 3 aromatic rings. The number of nitrogens with zero attached hydrogens (tertiary/aromatic N) is 4. The Morgan fingerprint density at radius 1 is 1.12 bits per heavy atom. The molecule has 168 valence electrons. The first-order valence-electron chi connectivity index (χ1n) is 10.9. The van der Waals surface area contributed by atoms with Gasteiger partial charge in [0.15, 0.2) is 0 Å². The van der Waals surface area contributed by atoms with Crippen molar-refractivity contribution in [3.05, 3.63) is 41.2 Å². The van der Waals surface area contributed by atoms with Crippen molar-refractivity contribution in [2.75, 3.05) is 13.1 Å². The van der Waals surface area contributed by atoms with E-state index in [0.717, 1.165) is 32.0 Å². The molecule has 0 unspecified atom stereocenters. The van der Waals surface area contributed by atoms with Gasteiger partial charge in [-0.1, -0.05) is 23.5 Å². The van der Waals surface area contributed by atoms with Crippen LogP contribution in [-0.4, -0.2) is 50.6 Å². The van der Waals surface area contributed by atoms with Gasteiger partial charge in [-0.2, -0.15) is 0 Å². The Balaban J connectivity index is 1.40. The zero-order valence-electron chi connectivity index (χ0n) is 18.9. The average molecular weight is 453 g/mol. The lowest BCUT2D eigenvalue weighted by Gasteiger charge is -2.32. The van der Waals surface area contributed by atoms with Crippen LogP contribution in [0.1, 0.15) is 44.3 Å². The topological polar surface area (TPSA) is 85.3 Å². The number of likely N-dealkylation sites (tertiary alicyclic amines) is 1. The summed E-state index contributed by atoms with van der Waals surface area (Å²) in [5, 5.41) is 12.2. The summed E-state index contributed by atoms with van der Waals surface area (Å²) in [6.45, 7) is 8.59. The number of carbonyl (C=O) groups is 2. The highest BCUT2D eigenvalue weighted by molar-refractivity contribution is 7.14. The number of Topliss-reactive ketones (excluding diaryl/α,β-unsaturated/α-hetero) is 1. The molecule has 0 saturated carbocycles. The molecule has 2 aromatic heterocycles. The Morgan fingerprint density at radius 3 is 2.53 bits per heavy atom. The lowest BCUT2D eigenvalue weighted by molar-refractivity contribution is -0.123. The SMILES string of the molecule is Cc1nnc(-c2ccc3cnc(CC(=O)C4CCN(C(=O)OC(C)(C)C)CC4)cc3c2)s1. The summed E-state index contributed by atoms with van der Waals surface area (Å²) in [5.41, 5.74) is 1.27. The van der Waals surface area contributed by atoms with Crippen LogP contribution in [0.25, 0.3) is 21.3 Å². The third-order valence-electron chi connectivity index (χ3n) is 5.51. The van der Waals surface area contributed by atoms with Gasteiger partial charge in [0.2, 0.25) is 0 Å². The molecule has 7 nitrogen and oxygen atoms in total. The number of fused-ring (bicyclic) bond motifs is 1. The predicted octanol–water partition coefficient (Wildman–Crippen LogP) is 4.82. The second-order valence-corrected chi connectivity index (χ2v) is 10.4. The maximum absolute atomic E-state index is 12.9. The number of hydrogen-bond donors (Lipinski definition) is 0. The number of aryl methyl sites for hydroxylation is 1. The number of ketones is 1. The minimum absolute atomic E-state index is 0.0538. The van der Waals surface area contributed by atoms with E-state index in [-0.39, 0.29) is 17.8 Å². The van der Waals surface area contributed by atoms with Gasteiger partial charge in [0.05, 0.1) is 0 Å². The molecule has 1 amide bonds. The average Bonchev–Trinajstić information content (AvgIpc) is 3.18. The summed E-state index contributed by atoms with van der Waals surface area (Å²) < 4.78 is 5.44. The van der Waals surface area contributed by atoms with Crippen LogP contribution in [0, 0.1) is 12.8 Å². The van der Waals surface area contributed by atoms with E-state index < -0.39 is 5.60 Å². The number of benzene rings is 1. The van der Waals surface area contributed by atoms with Gasteiger partial charge in [0.25, 0.3) is 0 Å². The number of aromatic nitrogens is 3. The number of carbonyl (C=O) groups excluding carboxylic acids is 2. The minimum atomic E-state index is -0.514. The summed E-state index contributed by atoms with van der Waals surface area (Å²) in [4.78, 5) is 31.3. The smallest absolute Gasteiger partial charge is 0.410 e. The van der Waals surface area contributed by atoms with Gasteiger partial charge in [0, 0.05) is 48.3 Å². The van der Waals surface area contributed by atoms with Crippen LogP contribution < -0.4 is 0 Å². The van der Waals surface area contributed by atoms with Crippen molar-refractivity contribution in [3.63, 3.8) is 0 Å². The molecule has 8 heteroatoms. The number of ether oxygens (including phenoxy) is 1. The summed E-state index contributed by atoms with van der Waals surface area (Å²) in [5.74, 6) is 0.124. The van der Waals surface area contributed by atoms with Crippen molar-refractivity contribution in [2.24, 2.45) is 5.92 Å². The minimum Gasteiger partial charge on any atom is -0.444 e. The van der Waals surface area contributed by atoms with E-state index in [0.29, 0.717) is 32.4 Å². The summed E-state index contributed by atoms with van der Waals surface area (Å²) in [6, 6.07) is 8.10. The van der Waals surface area contributed by atoms with Gasteiger partial charge in [0.1, 0.15) is 21.4 Å². The number of amides is 1. The number of pyridine rings is 1. The number of piperidine rings is 1. The highest BCUT2D eigenvalue weighted by Crippen LogP contribution is 2.27. The van der Waals surface area contributed by atoms with E-state index in [1.54, 1.807) is 16.2 Å². The highest BCUT2D eigenvalue weighted by atomic mass is 32.1. The summed E-state index contributed by atoms with van der Waals surface area (Å²) in [6.07, 6.45) is 3.13. The molecular weight excluding hydrogens is 424 g/mol. The van der Waals surface area contributed by atoms with Crippen LogP contribution >= 0.6 is 11.3 Å². The van der Waals surface area contributed by atoms with Gasteiger partial charge >= 0.3 is 6.09 Å². The first-order valence-corrected chi connectivity index (χ1v) is 11.7. The highest BCUT2D eigenvalue weighted by Gasteiger charge is 2.29. The quantitative estimate of drug-likeness (QED) is 0.564. The summed E-state index contributed by atoms with van der Waals surface area (Å²) in [7, 11) is 0. The van der Waals surface area contributed by atoms with Gasteiger partial charge < -0.3 is 9.64 Å². The molecule has 0 atom stereocenters. The van der Waals surface area contributed by atoms with E-state index >= 15 is 0 Å². The van der Waals surface area contributed by atoms with E-state index in [2.05, 4.69) is 21.2 Å². The van der Waals surface area contributed by atoms with Crippen LogP contribution in [0.3, 0.4) is 0 Å². The van der Waals surface area contributed by atoms with Crippen molar-refractivity contribution >= 4 is 34.0 Å². The third-order valence-corrected chi connectivity index (χ3v) is 6.40. The monoisotopic (exact) mass is 452 g/mol. The molecule has 0 bridgehead atoms. The van der Waals surface area contributed by atoms with Crippen molar-refractivity contribution in [1.82, 2.24) is 20.1 Å². The van der Waals surface area contributed by atoms with E-state index in [1.807, 2.05) is 52.1 Å². The van der Waals surface area contributed by atoms with Gasteiger partial charge in [-0.15, -0.1) is 10.2 Å². The molecule has 0 aliphatic carbocycles. The van der Waals surface area contributed by atoms with Gasteiger partial charge in [-0.3, -0.25) is 9.78 Å². The molecule has 3 heterocycles. The normalized spacial score (nSPS) is 15.2. The van der Waals surface area contributed by atoms with Crippen LogP contribution in [0.2, 0.25) is 0 Å². The maximum Gasteiger partial charge on any atom is 0.410 e. The van der Waals surface area contributed by atoms with Crippen LogP contribution in [-0.2, 0) is 16.0 Å². The van der Waals surface area contributed by atoms with Gasteiger partial charge in [-0.05, 0) is 58.1 Å². The second-order valence-electron chi connectivity index (χ2n) is 9.25. The molecule has 32 heavy (non-hydrogen) atoms. The van der Waals surface area contributed by atoms with E-state index in [9.17, 15) is 9.59 Å². The first kappa shape index (κ1) is 22.3. The Labute approximate surface area is 191 Å². The molecule has 1 fully saturated rings. The molecule has 1 saturated heterocycles. The van der Waals surface area contributed by atoms with Crippen LogP contribution in [0.5, 0.6) is 0 Å². The first-order chi connectivity index (χ1) is 15.2. The van der Waals surface area contributed by atoms with Crippen LogP contribution in [0.15, 0.2) is 30.5 Å². The fourth-order valence-corrected chi connectivity index (χ4v) is 4.55. The Hall–Kier alpha value is -2.87. The number of rotatable bonds is 4. The molecule has 0 spiro atoms. The Morgan fingerprint density at radius 2 is 1.88 bits per heavy atom. The Kier molecular flexibility index (Phi) is 6.24. The lowest BCUT2D eigenvalue weighted by Crippen LogP contribution is -2.43. The molecule has 1 aromatic carbocycles. The predicted molar refractivity (Wildman–Crippen MR) is 125 cm³/mol. The third kappa shape index (κ3) is 5.30. The van der Waals surface area contributed by atoms with E-state index in [4.69, 9.17) is 4.74 Å². The van der Waals surface area contributed by atoms with Crippen LogP contribution in [0.4, 0.5) is 4.79 Å². The van der Waals surface area contributed by atoms with Crippen molar-refractivity contribution in [3.8, 4) is 10.6 Å². The second kappa shape index (κ2) is 8.94. The largest absolute Gasteiger partial charge is 0.444 e. The molecule has 4 rings (SSSR count). The molecule has 1 aliphatic rings. The molecular formula is C24H28N4O3S. The maximum atomic E-state index is 12.9. The fourth-order valence-electron chi connectivity index (χ4n) is 3.86. The molecule has 0 N–H and O–H groups in total. The lowest BCUT2D eigenvalue weighted by atomic mass is 9.90. The zero-order chi connectivity index (χ0) is 22.9. The summed E-state index contributed by atoms with van der Waals surface area (Å²) >= 11 is 1.56. The van der Waals surface area contributed by atoms with Gasteiger partial charge in [-0.25, -0.2) is 4.79 Å². The fraction of sp³-hybridized carbons (Fsp3) is 0.458. The van der Waals surface area contributed by atoms with E-state index in [1.165, 1.54) is 0 Å².